The third kappa shape index (κ3) is 2.75. The predicted octanol–water partition coefficient (Wildman–Crippen LogP) is 4.66. The lowest BCUT2D eigenvalue weighted by Gasteiger charge is -2.56. The van der Waals surface area contributed by atoms with E-state index < -0.39 is 0 Å². The summed E-state index contributed by atoms with van der Waals surface area (Å²) in [6.07, 6.45) is 6.14. The molecule has 0 amide bonds. The molecule has 1 fully saturated rings. The van der Waals surface area contributed by atoms with Crippen LogP contribution >= 0.6 is 0 Å². The monoisotopic (exact) mass is 344 g/mol. The van der Waals surface area contributed by atoms with Crippen LogP contribution in [0.25, 0.3) is 0 Å². The number of carbonyl (C=O) groups excluding carboxylic acids is 2. The highest BCUT2D eigenvalue weighted by Gasteiger charge is 2.56. The molecule has 1 saturated carbocycles. The second-order valence-corrected chi connectivity index (χ2v) is 9.23. The summed E-state index contributed by atoms with van der Waals surface area (Å²) in [6, 6.07) is 0. The molecule has 3 aliphatic rings. The van der Waals surface area contributed by atoms with Crippen LogP contribution in [0.3, 0.4) is 0 Å². The maximum Gasteiger partial charge on any atom is 0.230 e. The van der Waals surface area contributed by atoms with Gasteiger partial charge in [-0.25, -0.2) is 0 Å². The van der Waals surface area contributed by atoms with E-state index >= 15 is 0 Å². The van der Waals surface area contributed by atoms with Gasteiger partial charge in [-0.2, -0.15) is 0 Å². The number of ether oxygens (including phenoxy) is 1. The number of ketones is 2. The first kappa shape index (κ1) is 18.6. The number of Topliss-reactive ketones (excluding diaryl/α,β-unsaturated/α-hetero) is 2. The van der Waals surface area contributed by atoms with Gasteiger partial charge in [0.15, 0.2) is 0 Å². The zero-order chi connectivity index (χ0) is 18.6. The van der Waals surface area contributed by atoms with Crippen molar-refractivity contribution in [1.29, 1.82) is 0 Å². The Morgan fingerprint density at radius 2 is 1.84 bits per heavy atom. The van der Waals surface area contributed by atoms with E-state index in [0.717, 1.165) is 30.4 Å². The van der Waals surface area contributed by atoms with Crippen LogP contribution in [-0.2, 0) is 14.3 Å². The van der Waals surface area contributed by atoms with Gasteiger partial charge in [0.05, 0.1) is 6.10 Å². The summed E-state index contributed by atoms with van der Waals surface area (Å²) in [7, 11) is 0. The predicted molar refractivity (Wildman–Crippen MR) is 99.2 cm³/mol. The molecule has 3 heteroatoms. The van der Waals surface area contributed by atoms with Crippen LogP contribution in [0.4, 0.5) is 0 Å². The minimum atomic E-state index is -0.297. The van der Waals surface area contributed by atoms with Crippen molar-refractivity contribution in [2.24, 2.45) is 22.7 Å². The highest BCUT2D eigenvalue weighted by Crippen LogP contribution is 2.60. The molecule has 0 unspecified atom stereocenters. The van der Waals surface area contributed by atoms with E-state index in [-0.39, 0.29) is 34.4 Å². The van der Waals surface area contributed by atoms with Crippen LogP contribution in [0.2, 0.25) is 0 Å². The van der Waals surface area contributed by atoms with E-state index in [1.165, 1.54) is 6.42 Å². The molecule has 0 aromatic carbocycles. The summed E-state index contributed by atoms with van der Waals surface area (Å²) in [5, 5.41) is 0. The topological polar surface area (TPSA) is 43.4 Å². The molecule has 3 atom stereocenters. The Morgan fingerprint density at radius 1 is 1.16 bits per heavy atom. The van der Waals surface area contributed by atoms with Gasteiger partial charge in [-0.15, -0.1) is 0 Å². The highest BCUT2D eigenvalue weighted by molar-refractivity contribution is 6.50. The Morgan fingerprint density at radius 3 is 2.44 bits per heavy atom. The quantitative estimate of drug-likeness (QED) is 0.552. The second kappa shape index (κ2) is 6.19. The smallest absolute Gasteiger partial charge is 0.230 e. The lowest BCUT2D eigenvalue weighted by Crippen LogP contribution is -2.52. The molecule has 0 spiro atoms. The summed E-state index contributed by atoms with van der Waals surface area (Å²) in [5.41, 5.74) is 2.35. The first-order chi connectivity index (χ1) is 11.6. The normalized spacial score (nSPS) is 34.8. The van der Waals surface area contributed by atoms with Gasteiger partial charge in [-0.1, -0.05) is 41.0 Å². The lowest BCUT2D eigenvalue weighted by atomic mass is 9.48. The molecule has 0 N–H and O–H groups in total. The maximum atomic E-state index is 13.2. The van der Waals surface area contributed by atoms with Crippen molar-refractivity contribution in [3.63, 3.8) is 0 Å². The number of carbonyl (C=O) groups is 2. The van der Waals surface area contributed by atoms with Crippen molar-refractivity contribution in [3.05, 3.63) is 22.8 Å². The first-order valence-corrected chi connectivity index (χ1v) is 9.80. The molecule has 25 heavy (non-hydrogen) atoms. The number of rotatable bonds is 3. The average Bonchev–Trinajstić information content (AvgIpc) is 2.51. The number of fused-ring (bicyclic) bond motifs is 2. The number of hydrogen-bond acceptors (Lipinski definition) is 3. The summed E-state index contributed by atoms with van der Waals surface area (Å²) < 4.78 is 6.09. The molecule has 3 nitrogen and oxygen atoms in total. The molecule has 0 saturated heterocycles. The van der Waals surface area contributed by atoms with Crippen LogP contribution < -0.4 is 0 Å². The van der Waals surface area contributed by atoms with Gasteiger partial charge in [-0.05, 0) is 55.1 Å². The van der Waals surface area contributed by atoms with Crippen molar-refractivity contribution < 1.29 is 14.3 Å². The second-order valence-electron chi connectivity index (χ2n) is 9.23. The molecule has 138 valence electrons. The molecular formula is C22H32O3. The third-order valence-corrected chi connectivity index (χ3v) is 6.88. The Hall–Kier alpha value is -1.22. The highest BCUT2D eigenvalue weighted by atomic mass is 16.5. The lowest BCUT2D eigenvalue weighted by molar-refractivity contribution is -0.135. The molecule has 0 aromatic rings. The minimum Gasteiger partial charge on any atom is -0.374 e. The van der Waals surface area contributed by atoms with E-state index in [9.17, 15) is 9.59 Å². The van der Waals surface area contributed by atoms with E-state index in [1.807, 2.05) is 26.8 Å². The maximum absolute atomic E-state index is 13.2. The van der Waals surface area contributed by atoms with E-state index in [0.29, 0.717) is 18.1 Å². The van der Waals surface area contributed by atoms with Crippen molar-refractivity contribution in [2.75, 3.05) is 6.61 Å². The summed E-state index contributed by atoms with van der Waals surface area (Å²) in [6.45, 7) is 13.4. The van der Waals surface area contributed by atoms with Crippen LogP contribution in [0.15, 0.2) is 22.8 Å². The Balaban J connectivity index is 2.21. The Bertz CT molecular complexity index is 665. The average molecular weight is 344 g/mol. The van der Waals surface area contributed by atoms with E-state index in [1.54, 1.807) is 0 Å². The molecular weight excluding hydrogens is 312 g/mol. The van der Waals surface area contributed by atoms with Crippen molar-refractivity contribution >= 4 is 11.6 Å². The fourth-order valence-electron chi connectivity index (χ4n) is 5.65. The molecule has 3 rings (SSSR count). The van der Waals surface area contributed by atoms with Gasteiger partial charge in [0, 0.05) is 23.2 Å². The van der Waals surface area contributed by atoms with Crippen molar-refractivity contribution in [3.8, 4) is 0 Å². The van der Waals surface area contributed by atoms with Gasteiger partial charge >= 0.3 is 0 Å². The summed E-state index contributed by atoms with van der Waals surface area (Å²) in [5.74, 6) is -0.138. The zero-order valence-corrected chi connectivity index (χ0v) is 16.6. The van der Waals surface area contributed by atoms with Gasteiger partial charge in [0.2, 0.25) is 11.6 Å². The van der Waals surface area contributed by atoms with Crippen LogP contribution in [0, 0.1) is 22.7 Å². The largest absolute Gasteiger partial charge is 0.374 e. The zero-order valence-electron chi connectivity index (χ0n) is 16.6. The fraction of sp³-hybridized carbons (Fsp3) is 0.727. The molecule has 3 aliphatic carbocycles. The standard InChI is InChI=1S/C22H32O3/c1-7-25-16-12-17-21(4,5)9-8-10-22(17,6)18-15(16)11-14(13(2)3)19(23)20(18)24/h11,13,16-17H,7-10,12H2,1-6H3/t16-,17-,22-/m0/s1. The molecule has 0 aliphatic heterocycles. The van der Waals surface area contributed by atoms with Crippen molar-refractivity contribution in [2.45, 2.75) is 73.3 Å². The third-order valence-electron chi connectivity index (χ3n) is 6.88. The van der Waals surface area contributed by atoms with Gasteiger partial charge < -0.3 is 4.74 Å². The van der Waals surface area contributed by atoms with E-state index in [4.69, 9.17) is 4.74 Å². The first-order valence-electron chi connectivity index (χ1n) is 9.80. The summed E-state index contributed by atoms with van der Waals surface area (Å²) in [4.78, 5) is 26.0. The van der Waals surface area contributed by atoms with Gasteiger partial charge in [0.1, 0.15) is 0 Å². The molecule has 0 aromatic heterocycles. The van der Waals surface area contributed by atoms with Gasteiger partial charge in [-0.3, -0.25) is 9.59 Å². The van der Waals surface area contributed by atoms with Gasteiger partial charge in [0.25, 0.3) is 0 Å². The van der Waals surface area contributed by atoms with Crippen LogP contribution in [0.5, 0.6) is 0 Å². The fourth-order valence-corrected chi connectivity index (χ4v) is 5.65. The SMILES string of the molecule is CCO[C@H]1C[C@H]2C(C)(C)CCC[C@]2(C)C2=C1C=C(C(C)C)C(=O)C2=O. The van der Waals surface area contributed by atoms with Crippen molar-refractivity contribution in [1.82, 2.24) is 0 Å². The van der Waals surface area contributed by atoms with Crippen LogP contribution in [-0.4, -0.2) is 24.3 Å². The Kier molecular flexibility index (Phi) is 4.60. The number of allylic oxidation sites excluding steroid dienone is 2. The number of hydrogen-bond donors (Lipinski definition) is 0. The Labute approximate surface area is 151 Å². The molecule has 0 heterocycles. The summed E-state index contributed by atoms with van der Waals surface area (Å²) >= 11 is 0. The van der Waals surface area contributed by atoms with E-state index in [2.05, 4.69) is 20.8 Å². The van der Waals surface area contributed by atoms with Crippen LogP contribution in [0.1, 0.15) is 67.2 Å². The molecule has 0 radical (unpaired) electrons. The minimum absolute atomic E-state index is 0.0566. The molecule has 0 bridgehead atoms.